The van der Waals surface area contributed by atoms with Crippen molar-refractivity contribution in [2.45, 2.75) is 24.3 Å². The molecule has 8 heteroatoms. The van der Waals surface area contributed by atoms with Crippen molar-refractivity contribution in [3.63, 3.8) is 0 Å². The summed E-state index contributed by atoms with van der Waals surface area (Å²) in [6.45, 7) is 2.57. The van der Waals surface area contributed by atoms with Gasteiger partial charge in [0.2, 0.25) is 0 Å². The molecule has 44 heavy (non-hydrogen) atoms. The zero-order valence-corrected chi connectivity index (χ0v) is 25.9. The average Bonchev–Trinajstić information content (AvgIpc) is 3.81. The molecule has 222 valence electrons. The minimum absolute atomic E-state index is 0.195. The van der Waals surface area contributed by atoms with Crippen LogP contribution < -0.4 is 4.74 Å². The van der Waals surface area contributed by atoms with Crippen LogP contribution in [-0.2, 0) is 6.42 Å². The number of H-pyrrole nitrogens is 2. The molecule has 0 saturated heterocycles. The molecule has 0 amide bonds. The van der Waals surface area contributed by atoms with E-state index in [-0.39, 0.29) is 6.04 Å². The molecule has 0 spiro atoms. The van der Waals surface area contributed by atoms with E-state index < -0.39 is 0 Å². The van der Waals surface area contributed by atoms with Gasteiger partial charge in [-0.3, -0.25) is 10.1 Å². The van der Waals surface area contributed by atoms with Crippen LogP contribution in [0.5, 0.6) is 5.75 Å². The van der Waals surface area contributed by atoms with Crippen molar-refractivity contribution >= 4 is 34.4 Å². The number of rotatable bonds is 8. The Balaban J connectivity index is 0.000000433. The predicted molar refractivity (Wildman–Crippen MR) is 180 cm³/mol. The lowest BCUT2D eigenvalue weighted by molar-refractivity contribution is 0.184. The van der Waals surface area contributed by atoms with E-state index in [9.17, 15) is 0 Å². The molecule has 0 unspecified atom stereocenters. The molecule has 7 aromatic rings. The summed E-state index contributed by atoms with van der Waals surface area (Å²) < 4.78 is 11.7. The van der Waals surface area contributed by atoms with Gasteiger partial charge in [0.15, 0.2) is 0 Å². The van der Waals surface area contributed by atoms with Gasteiger partial charge in [0.1, 0.15) is 12.4 Å². The summed E-state index contributed by atoms with van der Waals surface area (Å²) in [6.07, 6.45) is 8.17. The second kappa shape index (κ2) is 13.2. The third kappa shape index (κ3) is 6.56. The molecule has 4 aromatic heterocycles. The second-order valence-electron chi connectivity index (χ2n) is 11.0. The number of aryl methyl sites for hydroxylation is 1. The number of ether oxygens (including phenoxy) is 1. The first-order valence-corrected chi connectivity index (χ1v) is 15.0. The highest BCUT2D eigenvalue weighted by Crippen LogP contribution is 2.35. The van der Waals surface area contributed by atoms with Gasteiger partial charge in [-0.05, 0) is 81.0 Å². The zero-order valence-electron chi connectivity index (χ0n) is 25.0. The Kier molecular flexibility index (Phi) is 8.81. The number of nitrogens with one attached hydrogen (secondary N) is 2. The van der Waals surface area contributed by atoms with E-state index in [4.69, 9.17) is 14.1 Å². The van der Waals surface area contributed by atoms with Crippen molar-refractivity contribution in [1.82, 2.24) is 25.1 Å². The number of thiol groups is 1. The molecule has 7 nitrogen and oxygen atoms in total. The van der Waals surface area contributed by atoms with E-state index >= 15 is 0 Å². The smallest absolute Gasteiger partial charge is 0.138 e. The topological polar surface area (TPSA) is 83.0 Å². The monoisotopic (exact) mass is 601 g/mol. The van der Waals surface area contributed by atoms with Crippen LogP contribution >= 0.6 is 12.6 Å². The lowest BCUT2D eigenvalue weighted by Gasteiger charge is -2.24. The zero-order chi connectivity index (χ0) is 30.5. The summed E-state index contributed by atoms with van der Waals surface area (Å²) in [5.74, 6) is 0.733. The Morgan fingerprint density at radius 1 is 0.932 bits per heavy atom. The van der Waals surface area contributed by atoms with Crippen LogP contribution in [0.1, 0.15) is 11.3 Å². The molecule has 0 aliphatic heterocycles. The number of nitrogens with zero attached hydrogens (tertiary/aromatic N) is 3. The summed E-state index contributed by atoms with van der Waals surface area (Å²) in [4.78, 5) is 11.4. The van der Waals surface area contributed by atoms with Crippen molar-refractivity contribution in [2.75, 3.05) is 20.7 Å². The number of aromatic nitrogens is 4. The minimum Gasteiger partial charge on any atom is -0.490 e. The third-order valence-corrected chi connectivity index (χ3v) is 8.07. The summed E-state index contributed by atoms with van der Waals surface area (Å²) in [6, 6.07) is 28.7. The van der Waals surface area contributed by atoms with E-state index in [1.807, 2.05) is 49.4 Å². The van der Waals surface area contributed by atoms with Crippen molar-refractivity contribution in [3.05, 3.63) is 121 Å². The summed E-state index contributed by atoms with van der Waals surface area (Å²) in [7, 11) is 4.19. The number of furan rings is 1. The number of aromatic amines is 2. The number of para-hydroxylation sites is 1. The van der Waals surface area contributed by atoms with Crippen LogP contribution in [0.25, 0.3) is 44.2 Å². The molecule has 0 bridgehead atoms. The van der Waals surface area contributed by atoms with Gasteiger partial charge in [-0.1, -0.05) is 42.5 Å². The summed E-state index contributed by atoms with van der Waals surface area (Å²) >= 11 is 4.08. The lowest BCUT2D eigenvalue weighted by Crippen LogP contribution is -2.35. The highest BCUT2D eigenvalue weighted by molar-refractivity contribution is 7.80. The summed E-state index contributed by atoms with van der Waals surface area (Å²) in [5, 5.41) is 9.79. The highest BCUT2D eigenvalue weighted by Gasteiger charge is 2.18. The fourth-order valence-electron chi connectivity index (χ4n) is 5.24. The molecule has 2 N–H and O–H groups in total. The third-order valence-electron chi connectivity index (χ3n) is 7.77. The maximum atomic E-state index is 6.36. The molecule has 7 rings (SSSR count). The number of hydrogen-bond acceptors (Lipinski definition) is 6. The molecule has 0 saturated carbocycles. The maximum absolute atomic E-state index is 6.36. The average molecular weight is 602 g/mol. The maximum Gasteiger partial charge on any atom is 0.138 e. The molecule has 1 atom stereocenters. The first-order valence-electron chi connectivity index (χ1n) is 14.5. The van der Waals surface area contributed by atoms with Crippen molar-refractivity contribution in [1.29, 1.82) is 0 Å². The van der Waals surface area contributed by atoms with E-state index in [2.05, 4.69) is 95.5 Å². The van der Waals surface area contributed by atoms with Crippen molar-refractivity contribution in [3.8, 4) is 28.1 Å². The van der Waals surface area contributed by atoms with Crippen LogP contribution in [0.3, 0.4) is 0 Å². The molecule has 0 radical (unpaired) electrons. The fraction of sp³-hybridized carbons (Fsp3) is 0.167. The molecule has 4 heterocycles. The highest BCUT2D eigenvalue weighted by atomic mass is 32.1. The Bertz CT molecular complexity index is 1960. The lowest BCUT2D eigenvalue weighted by atomic mass is 9.99. The number of pyridine rings is 1. The first-order chi connectivity index (χ1) is 21.5. The Morgan fingerprint density at radius 2 is 1.75 bits per heavy atom. The largest absolute Gasteiger partial charge is 0.490 e. The van der Waals surface area contributed by atoms with Crippen LogP contribution in [0.4, 0.5) is 0 Å². The van der Waals surface area contributed by atoms with E-state index in [0.29, 0.717) is 6.61 Å². The first kappa shape index (κ1) is 29.3. The Labute approximate surface area is 262 Å². The van der Waals surface area contributed by atoms with Gasteiger partial charge >= 0.3 is 0 Å². The quantitative estimate of drug-likeness (QED) is 0.153. The number of fused-ring (bicyclic) bond motifs is 2. The van der Waals surface area contributed by atoms with Gasteiger partial charge in [0, 0.05) is 50.2 Å². The van der Waals surface area contributed by atoms with Crippen LogP contribution in [0, 0.1) is 6.92 Å². The van der Waals surface area contributed by atoms with Crippen LogP contribution in [0.15, 0.2) is 119 Å². The normalized spacial score (nSPS) is 11.9. The molecule has 3 aromatic carbocycles. The van der Waals surface area contributed by atoms with Gasteiger partial charge in [-0.25, -0.2) is 0 Å². The molecule has 0 fully saturated rings. The predicted octanol–water partition coefficient (Wildman–Crippen LogP) is 8.20. The molecular formula is C36H35N5O2S. The Morgan fingerprint density at radius 3 is 2.50 bits per heavy atom. The fourth-order valence-corrected chi connectivity index (χ4v) is 5.42. The number of likely N-dealkylation sites (N-methyl/N-ethyl adjacent to an activating group) is 1. The van der Waals surface area contributed by atoms with E-state index in [1.165, 1.54) is 10.9 Å². The molecule has 0 aliphatic carbocycles. The summed E-state index contributed by atoms with van der Waals surface area (Å²) in [5.41, 5.74) is 8.24. The van der Waals surface area contributed by atoms with Gasteiger partial charge < -0.3 is 19.0 Å². The molecule has 0 aliphatic rings. The minimum atomic E-state index is 0.195. The van der Waals surface area contributed by atoms with Crippen molar-refractivity contribution in [2.24, 2.45) is 0 Å². The van der Waals surface area contributed by atoms with Gasteiger partial charge in [0.25, 0.3) is 0 Å². The number of benzene rings is 3. The van der Waals surface area contributed by atoms with Crippen LogP contribution in [0.2, 0.25) is 0 Å². The second-order valence-corrected chi connectivity index (χ2v) is 11.5. The van der Waals surface area contributed by atoms with Gasteiger partial charge in [0.05, 0.1) is 29.9 Å². The molecular weight excluding hydrogens is 566 g/mol. The number of hydrogen-bond donors (Lipinski definition) is 3. The van der Waals surface area contributed by atoms with E-state index in [1.54, 1.807) is 18.7 Å². The van der Waals surface area contributed by atoms with Gasteiger partial charge in [-0.2, -0.15) is 5.10 Å². The van der Waals surface area contributed by atoms with Crippen LogP contribution in [-0.4, -0.2) is 51.8 Å². The standard InChI is InChI=1S/C30H29N5O2.C6H6S/c1-19-26-13-20(8-9-29(26)34-33-19)27-14-24(16-32-30(27)21-10-11-36-17-21)37-18-23(35(2)3)12-22-15-31-28-7-5-4-6-25(22)28;7-6-4-2-1-3-5-6/h4-11,13-17,23,31H,12,18H2,1-3H3,(H,33,34);1-5,7H/t23-;/m0./s1. The SMILES string of the molecule is Cc1[nH]nc2ccc(-c3cc(OC[C@H](Cc4c[nH]c5ccccc45)N(C)C)cnc3-c3ccoc3)cc12.Sc1ccccc1. The van der Waals surface area contributed by atoms with Crippen molar-refractivity contribution < 1.29 is 9.15 Å². The van der Waals surface area contributed by atoms with E-state index in [0.717, 1.165) is 61.6 Å². The van der Waals surface area contributed by atoms with Gasteiger partial charge in [-0.15, -0.1) is 12.6 Å². The Hall–Kier alpha value is -4.79.